The van der Waals surface area contributed by atoms with E-state index < -0.39 is 5.97 Å². The second-order valence-electron chi connectivity index (χ2n) is 2.86. The molecule has 0 saturated heterocycles. The van der Waals surface area contributed by atoms with Crippen LogP contribution < -0.4 is 10.2 Å². The number of carboxylic acid groups (broad SMARTS) is 1. The zero-order chi connectivity index (χ0) is 9.42. The molecule has 0 bridgehead atoms. The molecule has 0 aliphatic carbocycles. The molecule has 0 amide bonds. The van der Waals surface area contributed by atoms with Gasteiger partial charge in [0.1, 0.15) is 5.69 Å². The molecule has 2 heterocycles. The lowest BCUT2D eigenvalue weighted by Gasteiger charge is -2.23. The molecular weight excluding hydrogens is 174 g/mol. The monoisotopic (exact) mass is 183 g/mol. The highest BCUT2D eigenvalue weighted by Crippen LogP contribution is 2.30. The fourth-order valence-electron chi connectivity index (χ4n) is 1.35. The van der Waals surface area contributed by atoms with Gasteiger partial charge in [0.15, 0.2) is 5.82 Å². The Hall–Kier alpha value is -1.72. The highest BCUT2D eigenvalue weighted by atomic mass is 16.5. The quantitative estimate of drug-likeness (QED) is 0.649. The van der Waals surface area contributed by atoms with Crippen molar-refractivity contribution in [2.75, 3.05) is 30.4 Å². The largest absolute Gasteiger partial charge is 0.475 e. The zero-order valence-electron chi connectivity index (χ0n) is 7.07. The summed E-state index contributed by atoms with van der Waals surface area (Å²) in [6, 6.07) is 0. The van der Waals surface area contributed by atoms with Gasteiger partial charge in [0.05, 0.1) is 0 Å². The van der Waals surface area contributed by atoms with Crippen LogP contribution in [0, 0.1) is 0 Å². The van der Waals surface area contributed by atoms with Gasteiger partial charge in [-0.1, -0.05) is 5.16 Å². The lowest BCUT2D eigenvalue weighted by Crippen LogP contribution is -2.30. The molecule has 0 fully saturated rings. The summed E-state index contributed by atoms with van der Waals surface area (Å²) in [6.45, 7) is 1.49. The van der Waals surface area contributed by atoms with Crippen molar-refractivity contribution in [3.05, 3.63) is 5.76 Å². The fourth-order valence-corrected chi connectivity index (χ4v) is 1.35. The van der Waals surface area contributed by atoms with Crippen LogP contribution in [0.4, 0.5) is 11.5 Å². The number of fused-ring (bicyclic) bond motifs is 1. The third-order valence-electron chi connectivity index (χ3n) is 1.98. The van der Waals surface area contributed by atoms with Gasteiger partial charge < -0.3 is 19.8 Å². The number of rotatable bonds is 1. The molecule has 1 aromatic heterocycles. The van der Waals surface area contributed by atoms with Gasteiger partial charge in [0, 0.05) is 20.1 Å². The number of nitrogens with one attached hydrogen (secondary N) is 1. The van der Waals surface area contributed by atoms with Crippen molar-refractivity contribution in [3.8, 4) is 0 Å². The predicted octanol–water partition coefficient (Wildman–Crippen LogP) is 0.234. The lowest BCUT2D eigenvalue weighted by molar-refractivity contribution is 0.0653. The first-order valence-electron chi connectivity index (χ1n) is 3.88. The summed E-state index contributed by atoms with van der Waals surface area (Å²) in [6.07, 6.45) is 0. The zero-order valence-corrected chi connectivity index (χ0v) is 7.07. The van der Waals surface area contributed by atoms with E-state index in [1.165, 1.54) is 0 Å². The molecule has 6 nitrogen and oxygen atoms in total. The van der Waals surface area contributed by atoms with Crippen LogP contribution in [0.3, 0.4) is 0 Å². The summed E-state index contributed by atoms with van der Waals surface area (Å²) in [7, 11) is 1.81. The van der Waals surface area contributed by atoms with Crippen molar-refractivity contribution >= 4 is 17.5 Å². The van der Waals surface area contributed by atoms with E-state index in [9.17, 15) is 4.79 Å². The van der Waals surface area contributed by atoms with Crippen LogP contribution in [-0.4, -0.2) is 36.4 Å². The summed E-state index contributed by atoms with van der Waals surface area (Å²) in [5.74, 6) is -0.694. The minimum atomic E-state index is -1.09. The van der Waals surface area contributed by atoms with E-state index in [-0.39, 0.29) is 5.76 Å². The number of carbonyl (C=O) groups is 1. The van der Waals surface area contributed by atoms with E-state index >= 15 is 0 Å². The molecule has 1 aliphatic heterocycles. The van der Waals surface area contributed by atoms with Crippen LogP contribution in [0.25, 0.3) is 0 Å². The van der Waals surface area contributed by atoms with Crippen molar-refractivity contribution in [1.29, 1.82) is 0 Å². The minimum Gasteiger partial charge on any atom is -0.475 e. The standard InChI is InChI=1S/C7H9N3O3/c1-10-3-2-8-6-4(10)5(7(11)12)13-9-6/h2-3H2,1H3,(H,8,9)(H,11,12). The summed E-state index contributed by atoms with van der Waals surface area (Å²) in [5, 5.41) is 15.3. The number of aromatic nitrogens is 1. The van der Waals surface area contributed by atoms with Crippen LogP contribution in [0.15, 0.2) is 4.52 Å². The van der Waals surface area contributed by atoms with Crippen molar-refractivity contribution in [2.24, 2.45) is 0 Å². The third kappa shape index (κ3) is 1.10. The number of hydrogen-bond donors (Lipinski definition) is 2. The van der Waals surface area contributed by atoms with Gasteiger partial charge in [-0.15, -0.1) is 0 Å². The smallest absolute Gasteiger partial charge is 0.377 e. The Kier molecular flexibility index (Phi) is 1.61. The van der Waals surface area contributed by atoms with Gasteiger partial charge in [0.25, 0.3) is 5.76 Å². The lowest BCUT2D eigenvalue weighted by atomic mass is 10.3. The van der Waals surface area contributed by atoms with E-state index in [2.05, 4.69) is 10.5 Å². The average molecular weight is 183 g/mol. The highest BCUT2D eigenvalue weighted by Gasteiger charge is 2.27. The Morgan fingerprint density at radius 3 is 3.23 bits per heavy atom. The predicted molar refractivity (Wildman–Crippen MR) is 45.2 cm³/mol. The van der Waals surface area contributed by atoms with Crippen molar-refractivity contribution in [1.82, 2.24) is 5.16 Å². The highest BCUT2D eigenvalue weighted by molar-refractivity contribution is 5.94. The van der Waals surface area contributed by atoms with Gasteiger partial charge in [-0.25, -0.2) is 4.79 Å². The Bertz CT molecular complexity index is 347. The molecule has 70 valence electrons. The topological polar surface area (TPSA) is 78.6 Å². The number of aromatic carboxylic acids is 1. The molecule has 0 unspecified atom stereocenters. The molecule has 0 atom stereocenters. The van der Waals surface area contributed by atoms with E-state index in [0.717, 1.165) is 13.1 Å². The molecule has 1 aliphatic rings. The fraction of sp³-hybridized carbons (Fsp3) is 0.429. The number of likely N-dealkylation sites (N-methyl/N-ethyl adjacent to an activating group) is 1. The van der Waals surface area contributed by atoms with Gasteiger partial charge in [-0.3, -0.25) is 0 Å². The molecule has 0 radical (unpaired) electrons. The Balaban J connectivity index is 2.50. The number of carboxylic acids is 1. The normalized spacial score (nSPS) is 15.0. The molecular formula is C7H9N3O3. The molecule has 0 spiro atoms. The first kappa shape index (κ1) is 7.90. The minimum absolute atomic E-state index is 0.107. The second kappa shape index (κ2) is 2.65. The SMILES string of the molecule is CN1CCNc2noc(C(=O)O)c21. The summed E-state index contributed by atoms with van der Waals surface area (Å²) in [5.41, 5.74) is 0.527. The van der Waals surface area contributed by atoms with Gasteiger partial charge in [-0.2, -0.15) is 0 Å². The van der Waals surface area contributed by atoms with Crippen LogP contribution >= 0.6 is 0 Å². The Morgan fingerprint density at radius 2 is 2.54 bits per heavy atom. The number of anilines is 2. The molecule has 0 aromatic carbocycles. The van der Waals surface area contributed by atoms with Crippen molar-refractivity contribution in [3.63, 3.8) is 0 Å². The van der Waals surface area contributed by atoms with E-state index in [1.54, 1.807) is 0 Å². The van der Waals surface area contributed by atoms with Crippen LogP contribution in [0.5, 0.6) is 0 Å². The maximum absolute atomic E-state index is 10.7. The first-order chi connectivity index (χ1) is 6.20. The number of nitrogens with zero attached hydrogens (tertiary/aromatic N) is 2. The number of hydrogen-bond acceptors (Lipinski definition) is 5. The van der Waals surface area contributed by atoms with Crippen LogP contribution in [-0.2, 0) is 0 Å². The molecule has 6 heteroatoms. The van der Waals surface area contributed by atoms with Crippen LogP contribution in [0.1, 0.15) is 10.6 Å². The van der Waals surface area contributed by atoms with E-state index in [4.69, 9.17) is 9.63 Å². The Labute approximate surface area is 74.1 Å². The summed E-state index contributed by atoms with van der Waals surface area (Å²) < 4.78 is 4.70. The molecule has 13 heavy (non-hydrogen) atoms. The van der Waals surface area contributed by atoms with Crippen molar-refractivity contribution < 1.29 is 14.4 Å². The van der Waals surface area contributed by atoms with E-state index in [0.29, 0.717) is 11.5 Å². The maximum Gasteiger partial charge on any atom is 0.377 e. The maximum atomic E-state index is 10.7. The molecule has 0 saturated carbocycles. The molecule has 2 rings (SSSR count). The van der Waals surface area contributed by atoms with Crippen molar-refractivity contribution in [2.45, 2.75) is 0 Å². The molecule has 1 aromatic rings. The summed E-state index contributed by atoms with van der Waals surface area (Å²) in [4.78, 5) is 12.5. The third-order valence-corrected chi connectivity index (χ3v) is 1.98. The summed E-state index contributed by atoms with van der Waals surface area (Å²) >= 11 is 0. The van der Waals surface area contributed by atoms with E-state index in [1.807, 2.05) is 11.9 Å². The van der Waals surface area contributed by atoms with Gasteiger partial charge in [0.2, 0.25) is 0 Å². The Morgan fingerprint density at radius 1 is 1.77 bits per heavy atom. The average Bonchev–Trinajstić information content (AvgIpc) is 2.49. The molecule has 2 N–H and O–H groups in total. The van der Waals surface area contributed by atoms with Gasteiger partial charge in [-0.05, 0) is 0 Å². The second-order valence-corrected chi connectivity index (χ2v) is 2.86. The van der Waals surface area contributed by atoms with Crippen LogP contribution in [0.2, 0.25) is 0 Å². The van der Waals surface area contributed by atoms with Gasteiger partial charge >= 0.3 is 5.97 Å². The first-order valence-corrected chi connectivity index (χ1v) is 3.88.